The highest BCUT2D eigenvalue weighted by Gasteiger charge is 2.29. The van der Waals surface area contributed by atoms with E-state index in [2.05, 4.69) is 21.7 Å². The van der Waals surface area contributed by atoms with Crippen molar-refractivity contribution in [2.75, 3.05) is 7.11 Å². The van der Waals surface area contributed by atoms with Crippen molar-refractivity contribution in [3.63, 3.8) is 0 Å². The van der Waals surface area contributed by atoms with Gasteiger partial charge in [-0.1, -0.05) is 18.2 Å². The summed E-state index contributed by atoms with van der Waals surface area (Å²) >= 11 is 0. The first kappa shape index (κ1) is 20.1. The molecule has 2 N–H and O–H groups in total. The monoisotopic (exact) mass is 408 g/mol. The summed E-state index contributed by atoms with van der Waals surface area (Å²) in [5.74, 6) is 0.523. The van der Waals surface area contributed by atoms with Crippen molar-refractivity contribution in [1.29, 1.82) is 0 Å². The fourth-order valence-corrected chi connectivity index (χ4v) is 3.93. The number of carbonyl (C=O) groups is 1. The zero-order valence-electron chi connectivity index (χ0n) is 16.8. The fraction of sp³-hybridized carbons (Fsp3) is 0.304. The minimum absolute atomic E-state index is 0.00521. The smallest absolute Gasteiger partial charge is 0.220 e. The highest BCUT2D eigenvalue weighted by Crippen LogP contribution is 2.26. The van der Waals surface area contributed by atoms with Gasteiger partial charge >= 0.3 is 0 Å². The van der Waals surface area contributed by atoms with Crippen LogP contribution in [0.1, 0.15) is 35.6 Å². The summed E-state index contributed by atoms with van der Waals surface area (Å²) in [5.41, 5.74) is 2.95. The predicted octanol–water partition coefficient (Wildman–Crippen LogP) is 3.19. The molecule has 2 heterocycles. The predicted molar refractivity (Wildman–Crippen MR) is 111 cm³/mol. The largest absolute Gasteiger partial charge is 0.496 e. The van der Waals surface area contributed by atoms with Crippen LogP contribution in [0.5, 0.6) is 5.75 Å². The molecule has 0 bridgehead atoms. The van der Waals surface area contributed by atoms with Crippen LogP contribution >= 0.6 is 0 Å². The highest BCUT2D eigenvalue weighted by molar-refractivity contribution is 5.77. The lowest BCUT2D eigenvalue weighted by molar-refractivity contribution is -0.123. The highest BCUT2D eigenvalue weighted by atomic mass is 19.1. The lowest BCUT2D eigenvalue weighted by Gasteiger charge is -2.33. The van der Waals surface area contributed by atoms with Gasteiger partial charge in [0.25, 0.3) is 0 Å². The van der Waals surface area contributed by atoms with Crippen LogP contribution in [0.3, 0.4) is 0 Å². The average Bonchev–Trinajstić information content (AvgIpc) is 3.26. The van der Waals surface area contributed by atoms with Gasteiger partial charge in [0.1, 0.15) is 11.6 Å². The SMILES string of the molecule is COc1ccc(CN[C@@H]2CCC(=O)N[C@H]2c2cccc(F)c2)cc1Cn1ccnc1. The molecule has 1 aliphatic rings. The second kappa shape index (κ2) is 9.09. The number of hydrogen-bond acceptors (Lipinski definition) is 4. The van der Waals surface area contributed by atoms with E-state index in [0.717, 1.165) is 22.4 Å². The molecule has 3 aromatic rings. The Bertz CT molecular complexity index is 1010. The van der Waals surface area contributed by atoms with Gasteiger partial charge in [-0.25, -0.2) is 9.37 Å². The van der Waals surface area contributed by atoms with Crippen LogP contribution < -0.4 is 15.4 Å². The summed E-state index contributed by atoms with van der Waals surface area (Å²) in [4.78, 5) is 16.1. The molecule has 1 fully saturated rings. The number of amides is 1. The van der Waals surface area contributed by atoms with Crippen molar-refractivity contribution in [2.45, 2.75) is 38.0 Å². The van der Waals surface area contributed by atoms with Crippen LogP contribution in [-0.4, -0.2) is 28.6 Å². The Hall–Kier alpha value is -3.19. The Morgan fingerprint density at radius 1 is 1.30 bits per heavy atom. The molecule has 156 valence electrons. The first-order chi connectivity index (χ1) is 14.6. The van der Waals surface area contributed by atoms with Crippen LogP contribution in [0, 0.1) is 5.82 Å². The molecule has 7 heteroatoms. The maximum Gasteiger partial charge on any atom is 0.220 e. The van der Waals surface area contributed by atoms with Crippen LogP contribution in [0.25, 0.3) is 0 Å². The quantitative estimate of drug-likeness (QED) is 0.630. The van der Waals surface area contributed by atoms with Crippen molar-refractivity contribution in [3.8, 4) is 5.75 Å². The third kappa shape index (κ3) is 4.68. The molecule has 0 unspecified atom stereocenters. The molecule has 1 saturated heterocycles. The molecule has 6 nitrogen and oxygen atoms in total. The average molecular weight is 408 g/mol. The number of methoxy groups -OCH3 is 1. The Morgan fingerprint density at radius 3 is 2.97 bits per heavy atom. The summed E-state index contributed by atoms with van der Waals surface area (Å²) in [6.45, 7) is 1.30. The molecule has 0 radical (unpaired) electrons. The first-order valence-electron chi connectivity index (χ1n) is 10.0. The maximum atomic E-state index is 13.7. The van der Waals surface area contributed by atoms with Crippen LogP contribution in [-0.2, 0) is 17.9 Å². The molecule has 1 aliphatic heterocycles. The standard InChI is InChI=1S/C23H25FN4O2/c1-30-21-7-5-16(11-18(21)14-28-10-9-25-15-28)13-26-20-6-8-22(29)27-23(20)17-3-2-4-19(24)12-17/h2-5,7,9-12,15,20,23,26H,6,8,13-14H2,1H3,(H,27,29)/t20-,23+/m1/s1. The molecule has 1 amide bonds. The van der Waals surface area contributed by atoms with Gasteiger partial charge < -0.3 is 19.9 Å². The van der Waals surface area contributed by atoms with Crippen molar-refractivity contribution in [1.82, 2.24) is 20.2 Å². The van der Waals surface area contributed by atoms with E-state index in [1.165, 1.54) is 12.1 Å². The number of aromatic nitrogens is 2. The lowest BCUT2D eigenvalue weighted by Crippen LogP contribution is -2.48. The van der Waals surface area contributed by atoms with Gasteiger partial charge in [0.15, 0.2) is 0 Å². The molecule has 0 saturated carbocycles. The van der Waals surface area contributed by atoms with E-state index >= 15 is 0 Å². The topological polar surface area (TPSA) is 68.2 Å². The van der Waals surface area contributed by atoms with Gasteiger partial charge in [-0.2, -0.15) is 0 Å². The molecule has 30 heavy (non-hydrogen) atoms. The number of ether oxygens (including phenoxy) is 1. The van der Waals surface area contributed by atoms with Crippen molar-refractivity contribution >= 4 is 5.91 Å². The minimum atomic E-state index is -0.301. The van der Waals surface area contributed by atoms with Crippen LogP contribution in [0.4, 0.5) is 4.39 Å². The normalized spacial score (nSPS) is 18.8. The number of nitrogens with zero attached hydrogens (tertiary/aromatic N) is 2. The molecule has 4 rings (SSSR count). The Balaban J connectivity index is 1.49. The summed E-state index contributed by atoms with van der Waals surface area (Å²) in [6.07, 6.45) is 6.60. The van der Waals surface area contributed by atoms with Gasteiger partial charge in [-0.3, -0.25) is 4.79 Å². The Morgan fingerprint density at radius 2 is 2.20 bits per heavy atom. The van der Waals surface area contributed by atoms with E-state index in [0.29, 0.717) is 25.9 Å². The van der Waals surface area contributed by atoms with Gasteiger partial charge in [0.2, 0.25) is 5.91 Å². The van der Waals surface area contributed by atoms with E-state index in [-0.39, 0.29) is 23.8 Å². The number of rotatable bonds is 7. The van der Waals surface area contributed by atoms with E-state index in [9.17, 15) is 9.18 Å². The van der Waals surface area contributed by atoms with Gasteiger partial charge in [0.05, 0.1) is 26.0 Å². The van der Waals surface area contributed by atoms with E-state index in [1.807, 2.05) is 29.0 Å². The summed E-state index contributed by atoms with van der Waals surface area (Å²) in [6, 6.07) is 12.3. The molecular weight excluding hydrogens is 383 g/mol. The van der Waals surface area contributed by atoms with E-state index < -0.39 is 0 Å². The molecule has 1 aromatic heterocycles. The van der Waals surface area contributed by atoms with Crippen molar-refractivity contribution in [2.24, 2.45) is 0 Å². The second-order valence-electron chi connectivity index (χ2n) is 7.51. The third-order valence-corrected chi connectivity index (χ3v) is 5.43. The first-order valence-corrected chi connectivity index (χ1v) is 10.0. The maximum absolute atomic E-state index is 13.7. The van der Waals surface area contributed by atoms with Crippen molar-refractivity contribution in [3.05, 3.63) is 83.7 Å². The van der Waals surface area contributed by atoms with Gasteiger partial charge in [-0.05, 0) is 41.8 Å². The summed E-state index contributed by atoms with van der Waals surface area (Å²) < 4.78 is 21.2. The number of piperidine rings is 1. The molecule has 2 atom stereocenters. The van der Waals surface area contributed by atoms with Gasteiger partial charge in [-0.15, -0.1) is 0 Å². The number of nitrogens with one attached hydrogen (secondary N) is 2. The zero-order chi connectivity index (χ0) is 20.9. The Kier molecular flexibility index (Phi) is 6.09. The minimum Gasteiger partial charge on any atom is -0.496 e. The van der Waals surface area contributed by atoms with Crippen LogP contribution in [0.2, 0.25) is 0 Å². The van der Waals surface area contributed by atoms with E-state index in [4.69, 9.17) is 4.74 Å². The fourth-order valence-electron chi connectivity index (χ4n) is 3.93. The van der Waals surface area contributed by atoms with Crippen molar-refractivity contribution < 1.29 is 13.9 Å². The van der Waals surface area contributed by atoms with Gasteiger partial charge in [0, 0.05) is 37.0 Å². The Labute approximate surface area is 175 Å². The third-order valence-electron chi connectivity index (χ3n) is 5.43. The molecule has 0 spiro atoms. The molecular formula is C23H25FN4O2. The molecule has 2 aromatic carbocycles. The zero-order valence-corrected chi connectivity index (χ0v) is 16.8. The summed E-state index contributed by atoms with van der Waals surface area (Å²) in [5, 5.41) is 6.56. The summed E-state index contributed by atoms with van der Waals surface area (Å²) in [7, 11) is 1.67. The van der Waals surface area contributed by atoms with E-state index in [1.54, 1.807) is 25.7 Å². The number of carbonyl (C=O) groups excluding carboxylic acids is 1. The second-order valence-corrected chi connectivity index (χ2v) is 7.51. The number of halogens is 1. The van der Waals surface area contributed by atoms with Crippen LogP contribution in [0.15, 0.2) is 61.2 Å². The number of imidazole rings is 1. The lowest BCUT2D eigenvalue weighted by atomic mass is 9.91. The molecule has 0 aliphatic carbocycles. The number of hydrogen-bond donors (Lipinski definition) is 2. The number of benzene rings is 2.